The zero-order chi connectivity index (χ0) is 38.5. The lowest BCUT2D eigenvalue weighted by Crippen LogP contribution is -2.16. The van der Waals surface area contributed by atoms with Crippen LogP contribution < -0.4 is 4.90 Å². The summed E-state index contributed by atoms with van der Waals surface area (Å²) in [6.45, 7) is 9.49. The first-order valence-electron chi connectivity index (χ1n) is 20.2. The molecule has 0 spiro atoms. The van der Waals surface area contributed by atoms with Crippen LogP contribution in [0.4, 0.5) is 17.1 Å². The molecule has 0 N–H and O–H groups in total. The third-order valence-electron chi connectivity index (χ3n) is 13.0. The number of para-hydroxylation sites is 1. The number of rotatable bonds is 5. The summed E-state index contributed by atoms with van der Waals surface area (Å²) in [6.07, 6.45) is 0. The minimum absolute atomic E-state index is 0.0879. The van der Waals surface area contributed by atoms with Gasteiger partial charge in [0.15, 0.2) is 0 Å². The Morgan fingerprint density at radius 2 is 0.930 bits per heavy atom. The summed E-state index contributed by atoms with van der Waals surface area (Å²) in [6, 6.07) is 70.1. The summed E-state index contributed by atoms with van der Waals surface area (Å²) >= 11 is 0. The maximum absolute atomic E-state index is 2.49. The lowest BCUT2D eigenvalue weighted by Gasteiger charge is -2.30. The van der Waals surface area contributed by atoms with Gasteiger partial charge in [0, 0.05) is 27.8 Å². The monoisotopic (exact) mass is 729 g/mol. The van der Waals surface area contributed by atoms with E-state index in [9.17, 15) is 0 Å². The molecule has 9 aromatic rings. The maximum Gasteiger partial charge on any atom is 0.0540 e. The number of anilines is 3. The van der Waals surface area contributed by atoms with E-state index in [1.54, 1.807) is 0 Å². The van der Waals surface area contributed by atoms with Crippen molar-refractivity contribution in [2.45, 2.75) is 38.5 Å². The lowest BCUT2D eigenvalue weighted by atomic mass is 9.79. The van der Waals surface area contributed by atoms with E-state index in [1.807, 2.05) is 0 Å². The lowest BCUT2D eigenvalue weighted by molar-refractivity contribution is 0.660. The second kappa shape index (κ2) is 12.4. The zero-order valence-electron chi connectivity index (χ0n) is 32.8. The van der Waals surface area contributed by atoms with E-state index in [2.05, 4.69) is 221 Å². The van der Waals surface area contributed by atoms with Gasteiger partial charge in [-0.3, -0.25) is 0 Å². The number of benzene rings is 9. The Balaban J connectivity index is 1.15. The smallest absolute Gasteiger partial charge is 0.0540 e. The van der Waals surface area contributed by atoms with Gasteiger partial charge in [-0.15, -0.1) is 0 Å². The van der Waals surface area contributed by atoms with Crippen molar-refractivity contribution in [1.82, 2.24) is 0 Å². The first kappa shape index (κ1) is 33.6. The highest BCUT2D eigenvalue weighted by atomic mass is 15.1. The fourth-order valence-corrected chi connectivity index (χ4v) is 10.3. The van der Waals surface area contributed by atoms with E-state index in [-0.39, 0.29) is 10.8 Å². The molecule has 272 valence electrons. The van der Waals surface area contributed by atoms with Crippen LogP contribution in [0.3, 0.4) is 0 Å². The minimum Gasteiger partial charge on any atom is -0.310 e. The Bertz CT molecular complexity index is 3090. The van der Waals surface area contributed by atoms with Crippen molar-refractivity contribution in [3.05, 3.63) is 210 Å². The molecule has 0 fully saturated rings. The van der Waals surface area contributed by atoms with Gasteiger partial charge in [0.1, 0.15) is 0 Å². The van der Waals surface area contributed by atoms with Gasteiger partial charge in [-0.1, -0.05) is 185 Å². The number of hydrogen-bond acceptors (Lipinski definition) is 1. The Morgan fingerprint density at radius 3 is 1.79 bits per heavy atom. The first-order chi connectivity index (χ1) is 27.8. The van der Waals surface area contributed by atoms with Crippen LogP contribution in [0.5, 0.6) is 0 Å². The summed E-state index contributed by atoms with van der Waals surface area (Å²) in [5, 5.41) is 5.02. The van der Waals surface area contributed by atoms with Gasteiger partial charge in [-0.05, 0) is 113 Å². The van der Waals surface area contributed by atoms with Crippen molar-refractivity contribution in [3.8, 4) is 44.5 Å². The second-order valence-electron chi connectivity index (χ2n) is 16.9. The topological polar surface area (TPSA) is 3.24 Å². The van der Waals surface area contributed by atoms with Crippen molar-refractivity contribution >= 4 is 38.6 Å². The molecule has 0 radical (unpaired) electrons. The SMILES string of the molecule is CC1(C)c2ccccc2-c2c(-c3ccccc3N(c3cccc(-c4cccc5c4C(C)(C)c4ccccc4-5)c3)c3ccc4c(ccc5ccccc54)c3)cccc21. The molecule has 0 saturated heterocycles. The summed E-state index contributed by atoms with van der Waals surface area (Å²) in [5.41, 5.74) is 19.1. The molecule has 0 unspecified atom stereocenters. The largest absolute Gasteiger partial charge is 0.310 e. The van der Waals surface area contributed by atoms with Crippen LogP contribution in [0, 0.1) is 0 Å². The van der Waals surface area contributed by atoms with Gasteiger partial charge in [-0.2, -0.15) is 0 Å². The van der Waals surface area contributed by atoms with E-state index >= 15 is 0 Å². The third-order valence-corrected chi connectivity index (χ3v) is 13.0. The van der Waals surface area contributed by atoms with Crippen molar-refractivity contribution in [1.29, 1.82) is 0 Å². The molecule has 9 aromatic carbocycles. The second-order valence-corrected chi connectivity index (χ2v) is 16.9. The summed E-state index contributed by atoms with van der Waals surface area (Å²) < 4.78 is 0. The quantitative estimate of drug-likeness (QED) is 0.159. The van der Waals surface area contributed by atoms with Gasteiger partial charge < -0.3 is 4.90 Å². The van der Waals surface area contributed by atoms with E-state index in [0.29, 0.717) is 0 Å². The molecule has 11 rings (SSSR count). The van der Waals surface area contributed by atoms with Gasteiger partial charge in [0.05, 0.1) is 5.69 Å². The van der Waals surface area contributed by atoms with Crippen LogP contribution >= 0.6 is 0 Å². The molecule has 0 aliphatic heterocycles. The van der Waals surface area contributed by atoms with Crippen LogP contribution in [0.2, 0.25) is 0 Å². The van der Waals surface area contributed by atoms with Crippen LogP contribution in [0.15, 0.2) is 188 Å². The molecule has 57 heavy (non-hydrogen) atoms. The predicted molar refractivity (Wildman–Crippen MR) is 242 cm³/mol. The molecule has 0 bridgehead atoms. The molecule has 0 amide bonds. The molecular formula is C56H43N. The average molecular weight is 730 g/mol. The average Bonchev–Trinajstić information content (AvgIpc) is 3.64. The van der Waals surface area contributed by atoms with E-state index in [4.69, 9.17) is 0 Å². The van der Waals surface area contributed by atoms with Gasteiger partial charge in [-0.25, -0.2) is 0 Å². The Morgan fingerprint density at radius 1 is 0.351 bits per heavy atom. The summed E-state index contributed by atoms with van der Waals surface area (Å²) in [7, 11) is 0. The molecule has 0 heterocycles. The number of hydrogen-bond donors (Lipinski definition) is 0. The molecule has 2 aliphatic carbocycles. The minimum atomic E-state index is -0.121. The molecule has 0 atom stereocenters. The molecular weight excluding hydrogens is 687 g/mol. The van der Waals surface area contributed by atoms with Crippen molar-refractivity contribution in [2.24, 2.45) is 0 Å². The zero-order valence-corrected chi connectivity index (χ0v) is 32.8. The molecule has 0 saturated carbocycles. The molecule has 1 heteroatoms. The van der Waals surface area contributed by atoms with E-state index in [0.717, 1.165) is 17.1 Å². The summed E-state index contributed by atoms with van der Waals surface area (Å²) in [4.78, 5) is 2.49. The van der Waals surface area contributed by atoms with Gasteiger partial charge in [0.2, 0.25) is 0 Å². The predicted octanol–water partition coefficient (Wildman–Crippen LogP) is 15.4. The number of fused-ring (bicyclic) bond motifs is 9. The highest BCUT2D eigenvalue weighted by Crippen LogP contribution is 2.55. The fourth-order valence-electron chi connectivity index (χ4n) is 10.3. The van der Waals surface area contributed by atoms with Crippen LogP contribution in [-0.2, 0) is 10.8 Å². The maximum atomic E-state index is 2.49. The van der Waals surface area contributed by atoms with Crippen molar-refractivity contribution < 1.29 is 0 Å². The fraction of sp³-hybridized carbons (Fsp3) is 0.107. The van der Waals surface area contributed by atoms with Crippen LogP contribution in [-0.4, -0.2) is 0 Å². The number of nitrogens with zero attached hydrogens (tertiary/aromatic N) is 1. The van der Waals surface area contributed by atoms with Crippen LogP contribution in [0.1, 0.15) is 49.9 Å². The Kier molecular flexibility index (Phi) is 7.32. The molecule has 1 nitrogen and oxygen atoms in total. The highest BCUT2D eigenvalue weighted by Gasteiger charge is 2.38. The third kappa shape index (κ3) is 4.95. The highest BCUT2D eigenvalue weighted by molar-refractivity contribution is 6.09. The first-order valence-corrected chi connectivity index (χ1v) is 20.2. The molecule has 0 aromatic heterocycles. The van der Waals surface area contributed by atoms with E-state index in [1.165, 1.54) is 88.3 Å². The Labute approximate surface area is 335 Å². The molecule has 2 aliphatic rings. The summed E-state index contributed by atoms with van der Waals surface area (Å²) in [5.74, 6) is 0. The van der Waals surface area contributed by atoms with Crippen molar-refractivity contribution in [2.75, 3.05) is 4.90 Å². The van der Waals surface area contributed by atoms with Gasteiger partial charge in [0.25, 0.3) is 0 Å². The van der Waals surface area contributed by atoms with E-state index < -0.39 is 0 Å². The van der Waals surface area contributed by atoms with Crippen LogP contribution in [0.25, 0.3) is 66.1 Å². The Hall–Kier alpha value is -6.70. The van der Waals surface area contributed by atoms with Crippen molar-refractivity contribution in [3.63, 3.8) is 0 Å². The standard InChI is InChI=1S/C56H43N/c1-55(2)50-27-11-8-22-48(50)53-46(24-15-28-51(53)55)45-21-9-12-29-52(45)57(40-32-33-42-38(35-40)31-30-36-16-5-6-19-41(36)42)39-18-13-17-37(34-39)43-23-14-25-47-44-20-7-10-26-49(44)56(3,4)54(43)47/h5-35H,1-4H3. The normalized spacial score (nSPS) is 14.2. The van der Waals surface area contributed by atoms with Gasteiger partial charge >= 0.3 is 0 Å².